The summed E-state index contributed by atoms with van der Waals surface area (Å²) in [5.41, 5.74) is -3.08. The molecule has 1 aliphatic heterocycles. The molecule has 0 atom stereocenters. The smallest absolute Gasteiger partial charge is 0.418 e. The van der Waals surface area contributed by atoms with Crippen molar-refractivity contribution in [2.75, 3.05) is 11.8 Å². The number of carbonyl (C=O) groups is 1. The first-order valence-electron chi connectivity index (χ1n) is 9.87. The summed E-state index contributed by atoms with van der Waals surface area (Å²) >= 11 is 3.10. The number of nitriles is 1. The highest BCUT2D eigenvalue weighted by atomic mass is 79.9. The van der Waals surface area contributed by atoms with E-state index in [2.05, 4.69) is 15.9 Å². The molecule has 4 rings (SSSR count). The lowest BCUT2D eigenvalue weighted by molar-refractivity contribution is -0.137. The number of sulfonamides is 1. The maximum atomic E-state index is 15.0. The second kappa shape index (κ2) is 9.11. The number of cyclic esters (lactones) is 1. The predicted octanol–water partition coefficient (Wildman–Crippen LogP) is 5.63. The molecule has 7 nitrogen and oxygen atoms in total. The van der Waals surface area contributed by atoms with Crippen molar-refractivity contribution in [3.63, 3.8) is 0 Å². The predicted molar refractivity (Wildman–Crippen MR) is 122 cm³/mol. The van der Waals surface area contributed by atoms with E-state index in [0.29, 0.717) is 6.07 Å². The average molecular weight is 585 g/mol. The second-order valence-corrected chi connectivity index (χ2v) is 10.0. The first-order chi connectivity index (χ1) is 16.9. The normalized spacial score (nSPS) is 14.6. The van der Waals surface area contributed by atoms with Crippen molar-refractivity contribution in [1.29, 1.82) is 5.26 Å². The Labute approximate surface area is 210 Å². The van der Waals surface area contributed by atoms with Gasteiger partial charge in [0, 0.05) is 5.56 Å². The van der Waals surface area contributed by atoms with Gasteiger partial charge in [-0.25, -0.2) is 17.6 Å². The van der Waals surface area contributed by atoms with Gasteiger partial charge >= 0.3 is 12.1 Å². The largest absolute Gasteiger partial charge is 0.494 e. The van der Waals surface area contributed by atoms with Crippen LogP contribution < -0.4 is 9.46 Å². The zero-order valence-corrected chi connectivity index (χ0v) is 20.4. The van der Waals surface area contributed by atoms with E-state index in [0.717, 1.165) is 13.2 Å². The van der Waals surface area contributed by atoms with Crippen LogP contribution in [0.15, 0.2) is 51.8 Å². The summed E-state index contributed by atoms with van der Waals surface area (Å²) in [6.07, 6.45) is -5.13. The highest BCUT2D eigenvalue weighted by Crippen LogP contribution is 2.42. The molecule has 3 aromatic carbocycles. The van der Waals surface area contributed by atoms with Gasteiger partial charge in [-0.05, 0) is 63.5 Å². The van der Waals surface area contributed by atoms with E-state index in [9.17, 15) is 31.6 Å². The number of nitrogens with zero attached hydrogens (tertiary/aromatic N) is 1. The lowest BCUT2D eigenvalue weighted by atomic mass is 9.95. The maximum absolute atomic E-state index is 15.0. The van der Waals surface area contributed by atoms with Crippen LogP contribution in [-0.4, -0.2) is 21.5 Å². The number of anilines is 1. The average Bonchev–Trinajstić information content (AvgIpc) is 2.81. The third-order valence-corrected chi connectivity index (χ3v) is 7.24. The van der Waals surface area contributed by atoms with Gasteiger partial charge in [-0.3, -0.25) is 4.72 Å². The molecule has 1 heterocycles. The summed E-state index contributed by atoms with van der Waals surface area (Å²) in [6, 6.07) is 8.71. The van der Waals surface area contributed by atoms with Crippen LogP contribution in [0.1, 0.15) is 27.0 Å². The number of methoxy groups -OCH3 is 1. The Balaban J connectivity index is 2.09. The van der Waals surface area contributed by atoms with E-state index in [-0.39, 0.29) is 38.5 Å². The minimum absolute atomic E-state index is 0.0181. The van der Waals surface area contributed by atoms with Gasteiger partial charge in [0.1, 0.15) is 17.3 Å². The lowest BCUT2D eigenvalue weighted by Gasteiger charge is -2.19. The molecule has 0 amide bonds. The number of hydrogen-bond acceptors (Lipinski definition) is 6. The van der Waals surface area contributed by atoms with E-state index in [1.807, 2.05) is 10.8 Å². The van der Waals surface area contributed by atoms with Crippen molar-refractivity contribution >= 4 is 37.6 Å². The first kappa shape index (κ1) is 25.5. The Bertz CT molecular complexity index is 1570. The van der Waals surface area contributed by atoms with E-state index in [1.54, 1.807) is 0 Å². The molecule has 4 bridgehead atoms. The van der Waals surface area contributed by atoms with Gasteiger partial charge in [0.2, 0.25) is 0 Å². The Morgan fingerprint density at radius 1 is 1.14 bits per heavy atom. The number of fused-ring (bicyclic) bond motifs is 6. The molecule has 0 spiro atoms. The number of alkyl halides is 3. The first-order valence-corrected chi connectivity index (χ1v) is 12.1. The molecule has 0 aromatic heterocycles. The SMILES string of the molecule is COc1c(Br)cc2cc1S(=O)(=O)Nc1cc(c(F)cc1C(F)(F)F)-c1cc(C#N)ccc1COC2=O. The summed E-state index contributed by atoms with van der Waals surface area (Å²) in [5, 5.41) is 9.26. The van der Waals surface area contributed by atoms with Gasteiger partial charge in [0.15, 0.2) is 5.75 Å². The number of carbonyl (C=O) groups excluding carboxylic acids is 1. The van der Waals surface area contributed by atoms with E-state index >= 15 is 4.39 Å². The minimum atomic E-state index is -5.13. The molecular weight excluding hydrogens is 572 g/mol. The van der Waals surface area contributed by atoms with Crippen molar-refractivity contribution in [3.8, 4) is 22.9 Å². The number of rotatable bonds is 1. The molecule has 0 unspecified atom stereocenters. The van der Waals surface area contributed by atoms with Crippen LogP contribution in [0.4, 0.5) is 23.2 Å². The third kappa shape index (κ3) is 4.61. The van der Waals surface area contributed by atoms with Gasteiger partial charge in [-0.2, -0.15) is 18.4 Å². The summed E-state index contributed by atoms with van der Waals surface area (Å²) in [4.78, 5) is 12.1. The van der Waals surface area contributed by atoms with Crippen molar-refractivity contribution in [1.82, 2.24) is 0 Å². The van der Waals surface area contributed by atoms with E-state index in [1.165, 1.54) is 24.3 Å². The van der Waals surface area contributed by atoms with E-state index in [4.69, 9.17) is 9.47 Å². The van der Waals surface area contributed by atoms with E-state index < -0.39 is 56.3 Å². The fourth-order valence-electron chi connectivity index (χ4n) is 3.63. The topological polar surface area (TPSA) is 105 Å². The quantitative estimate of drug-likeness (QED) is 0.294. The third-order valence-electron chi connectivity index (χ3n) is 5.28. The van der Waals surface area contributed by atoms with Crippen LogP contribution >= 0.6 is 15.9 Å². The standard InChI is InChI=1S/C23H13BrF4N2O5S/c1-34-21-17(24)5-13-6-20(21)36(32,33)30-19-7-15(18(25)8-16(19)23(26,27)28)14-4-11(9-29)2-3-12(14)10-35-22(13)31/h2-8,30H,10H2,1H3. The minimum Gasteiger partial charge on any atom is -0.494 e. The van der Waals surface area contributed by atoms with Gasteiger partial charge in [-0.15, -0.1) is 0 Å². The number of ether oxygens (including phenoxy) is 2. The molecule has 0 aliphatic carbocycles. The van der Waals surface area contributed by atoms with Gasteiger partial charge in [0.25, 0.3) is 10.0 Å². The number of nitrogens with one attached hydrogen (secondary N) is 1. The molecule has 0 saturated heterocycles. The summed E-state index contributed by atoms with van der Waals surface area (Å²) in [7, 11) is -3.69. The van der Waals surface area contributed by atoms with Gasteiger partial charge in [-0.1, -0.05) is 6.07 Å². The molecule has 3 aromatic rings. The van der Waals surface area contributed by atoms with Gasteiger partial charge in [0.05, 0.1) is 40.0 Å². The molecule has 13 heteroatoms. The van der Waals surface area contributed by atoms with Crippen LogP contribution in [0.5, 0.6) is 5.75 Å². The molecule has 186 valence electrons. The second-order valence-electron chi connectivity index (χ2n) is 7.53. The summed E-state index contributed by atoms with van der Waals surface area (Å²) in [5.74, 6) is -2.58. The molecular formula is C23H13BrF4N2O5S. The number of benzene rings is 3. The Hall–Kier alpha value is -3.63. The van der Waals surface area contributed by atoms with Crippen LogP contribution in [0.2, 0.25) is 0 Å². The molecule has 0 fully saturated rings. The Morgan fingerprint density at radius 3 is 2.50 bits per heavy atom. The van der Waals surface area contributed by atoms with Crippen LogP contribution in [-0.2, 0) is 27.5 Å². The molecule has 0 saturated carbocycles. The van der Waals surface area contributed by atoms with Crippen LogP contribution in [0, 0.1) is 17.1 Å². The molecule has 1 N–H and O–H groups in total. The summed E-state index contributed by atoms with van der Waals surface area (Å²) in [6.45, 7) is -0.450. The highest BCUT2D eigenvalue weighted by molar-refractivity contribution is 9.10. The fraction of sp³-hybridized carbons (Fsp3) is 0.130. The number of hydrogen-bond donors (Lipinski definition) is 1. The number of halogens is 5. The van der Waals surface area contributed by atoms with Crippen LogP contribution in [0.25, 0.3) is 11.1 Å². The van der Waals surface area contributed by atoms with Gasteiger partial charge < -0.3 is 9.47 Å². The number of esters is 1. The highest BCUT2D eigenvalue weighted by Gasteiger charge is 2.37. The molecule has 0 radical (unpaired) electrons. The van der Waals surface area contributed by atoms with Crippen molar-refractivity contribution in [2.45, 2.75) is 17.7 Å². The Kier molecular flexibility index (Phi) is 6.44. The maximum Gasteiger partial charge on any atom is 0.418 e. The van der Waals surface area contributed by atoms with Crippen LogP contribution in [0.3, 0.4) is 0 Å². The zero-order chi connectivity index (χ0) is 26.4. The van der Waals surface area contributed by atoms with Crippen molar-refractivity contribution in [2.24, 2.45) is 0 Å². The monoisotopic (exact) mass is 584 g/mol. The molecule has 36 heavy (non-hydrogen) atoms. The zero-order valence-electron chi connectivity index (χ0n) is 18.0. The lowest BCUT2D eigenvalue weighted by Crippen LogP contribution is -2.19. The van der Waals surface area contributed by atoms with Crippen molar-refractivity contribution in [3.05, 3.63) is 75.0 Å². The summed E-state index contributed by atoms with van der Waals surface area (Å²) < 4.78 is 95.2. The fourth-order valence-corrected chi connectivity index (χ4v) is 5.67. The van der Waals surface area contributed by atoms with Crippen molar-refractivity contribution < 1.29 is 40.2 Å². The Morgan fingerprint density at radius 2 is 1.86 bits per heavy atom. The molecule has 1 aliphatic rings.